The summed E-state index contributed by atoms with van der Waals surface area (Å²) < 4.78 is 0. The summed E-state index contributed by atoms with van der Waals surface area (Å²) >= 11 is 6.64. The van der Waals surface area contributed by atoms with Crippen molar-refractivity contribution in [2.24, 2.45) is 5.92 Å². The number of halogens is 3. The molecule has 25 heavy (non-hydrogen) atoms. The molecule has 1 aliphatic heterocycles. The quantitative estimate of drug-likeness (QED) is 0.742. The van der Waals surface area contributed by atoms with Crippen LogP contribution in [-0.2, 0) is 0 Å². The number of nitrogens with zero attached hydrogens (tertiary/aromatic N) is 2. The second-order valence-corrected chi connectivity index (χ2v) is 7.19. The molecule has 1 atom stereocenters. The van der Waals surface area contributed by atoms with Crippen LogP contribution in [0.2, 0.25) is 5.15 Å². The minimum atomic E-state index is 0. The van der Waals surface area contributed by atoms with Crippen LogP contribution in [0.4, 0.5) is 0 Å². The van der Waals surface area contributed by atoms with Gasteiger partial charge in [-0.1, -0.05) is 42.6 Å². The lowest BCUT2D eigenvalue weighted by Crippen LogP contribution is -2.46. The van der Waals surface area contributed by atoms with Crippen molar-refractivity contribution >= 4 is 47.3 Å². The van der Waals surface area contributed by atoms with Crippen LogP contribution in [0.3, 0.4) is 0 Å². The van der Waals surface area contributed by atoms with Crippen molar-refractivity contribution in [1.82, 2.24) is 15.2 Å². The molecule has 2 aliphatic rings. The Labute approximate surface area is 167 Å². The van der Waals surface area contributed by atoms with Gasteiger partial charge in [0.1, 0.15) is 5.15 Å². The van der Waals surface area contributed by atoms with Crippen molar-refractivity contribution in [3.8, 4) is 0 Å². The molecule has 1 saturated heterocycles. The van der Waals surface area contributed by atoms with Gasteiger partial charge < -0.3 is 5.32 Å². The minimum Gasteiger partial charge on any atom is -0.314 e. The Morgan fingerprint density at radius 2 is 1.76 bits per heavy atom. The normalized spacial score (nSPS) is 20.0. The Hall–Kier alpha value is -0.580. The van der Waals surface area contributed by atoms with Crippen LogP contribution in [0.25, 0.3) is 10.9 Å². The fraction of sp³-hybridized carbons (Fsp3) is 0.526. The summed E-state index contributed by atoms with van der Waals surface area (Å²) in [6.07, 6.45) is 5.34. The zero-order valence-corrected chi connectivity index (χ0v) is 16.7. The molecule has 138 valence electrons. The maximum absolute atomic E-state index is 6.64. The third-order valence-corrected chi connectivity index (χ3v) is 5.72. The summed E-state index contributed by atoms with van der Waals surface area (Å²) in [4.78, 5) is 7.31. The maximum Gasteiger partial charge on any atom is 0.134 e. The van der Waals surface area contributed by atoms with Gasteiger partial charge in [0.15, 0.2) is 0 Å². The topological polar surface area (TPSA) is 28.2 Å². The maximum atomic E-state index is 6.64. The summed E-state index contributed by atoms with van der Waals surface area (Å²) in [5.74, 6) is 0.716. The van der Waals surface area contributed by atoms with Gasteiger partial charge in [-0.25, -0.2) is 4.98 Å². The molecule has 1 saturated carbocycles. The molecule has 0 bridgehead atoms. The van der Waals surface area contributed by atoms with Gasteiger partial charge >= 0.3 is 0 Å². The number of rotatable bonds is 3. The second kappa shape index (κ2) is 9.38. The van der Waals surface area contributed by atoms with Gasteiger partial charge in [0, 0.05) is 43.2 Å². The van der Waals surface area contributed by atoms with Crippen LogP contribution in [0.5, 0.6) is 0 Å². The summed E-state index contributed by atoms with van der Waals surface area (Å²) in [5.41, 5.74) is 2.23. The lowest BCUT2D eigenvalue weighted by atomic mass is 9.90. The molecule has 3 nitrogen and oxygen atoms in total. The van der Waals surface area contributed by atoms with E-state index >= 15 is 0 Å². The van der Waals surface area contributed by atoms with Gasteiger partial charge in [-0.3, -0.25) is 4.90 Å². The van der Waals surface area contributed by atoms with Gasteiger partial charge in [-0.15, -0.1) is 24.8 Å². The number of benzene rings is 1. The fourth-order valence-corrected chi connectivity index (χ4v) is 4.56. The van der Waals surface area contributed by atoms with E-state index in [2.05, 4.69) is 33.4 Å². The average molecular weight is 403 g/mol. The van der Waals surface area contributed by atoms with Gasteiger partial charge in [-0.05, 0) is 30.9 Å². The first-order valence-electron chi connectivity index (χ1n) is 8.83. The Balaban J connectivity index is 0.00000113. The van der Waals surface area contributed by atoms with E-state index in [0.717, 1.165) is 31.7 Å². The highest BCUT2D eigenvalue weighted by Crippen LogP contribution is 2.42. The van der Waals surface area contributed by atoms with E-state index in [1.165, 1.54) is 36.6 Å². The molecule has 0 spiro atoms. The lowest BCUT2D eigenvalue weighted by Gasteiger charge is -2.39. The van der Waals surface area contributed by atoms with E-state index in [-0.39, 0.29) is 24.8 Å². The summed E-state index contributed by atoms with van der Waals surface area (Å²) in [7, 11) is 0. The van der Waals surface area contributed by atoms with Crippen LogP contribution in [0.1, 0.15) is 37.3 Å². The van der Waals surface area contributed by atoms with Crippen molar-refractivity contribution in [2.75, 3.05) is 26.2 Å². The molecular weight excluding hydrogens is 377 g/mol. The van der Waals surface area contributed by atoms with E-state index < -0.39 is 0 Å². The third kappa shape index (κ3) is 4.40. The highest BCUT2D eigenvalue weighted by atomic mass is 35.5. The second-order valence-electron chi connectivity index (χ2n) is 6.84. The number of hydrogen-bond donors (Lipinski definition) is 1. The van der Waals surface area contributed by atoms with Crippen molar-refractivity contribution in [1.29, 1.82) is 0 Å². The molecule has 1 N–H and O–H groups in total. The number of piperazine rings is 1. The monoisotopic (exact) mass is 401 g/mol. The van der Waals surface area contributed by atoms with E-state index in [1.807, 2.05) is 12.1 Å². The van der Waals surface area contributed by atoms with Gasteiger partial charge in [0.2, 0.25) is 0 Å². The predicted octanol–water partition coefficient (Wildman–Crippen LogP) is 4.87. The van der Waals surface area contributed by atoms with Crippen molar-refractivity contribution in [3.05, 3.63) is 41.0 Å². The van der Waals surface area contributed by atoms with Crippen LogP contribution in [0, 0.1) is 5.92 Å². The molecular formula is C19H26Cl3N3. The van der Waals surface area contributed by atoms with E-state index in [1.54, 1.807) is 0 Å². The Morgan fingerprint density at radius 1 is 1.08 bits per heavy atom. The number of nitrogens with one attached hydrogen (secondary N) is 1. The third-order valence-electron chi connectivity index (χ3n) is 5.41. The number of fused-ring (bicyclic) bond motifs is 1. The predicted molar refractivity (Wildman–Crippen MR) is 110 cm³/mol. The molecule has 2 aromatic rings. The highest BCUT2D eigenvalue weighted by molar-refractivity contribution is 6.30. The smallest absolute Gasteiger partial charge is 0.134 e. The molecule has 0 amide bonds. The van der Waals surface area contributed by atoms with Crippen molar-refractivity contribution < 1.29 is 0 Å². The minimum absolute atomic E-state index is 0. The molecule has 2 heterocycles. The highest BCUT2D eigenvalue weighted by Gasteiger charge is 2.33. The van der Waals surface area contributed by atoms with Crippen LogP contribution in [0.15, 0.2) is 30.3 Å². The average Bonchev–Trinajstić information content (AvgIpc) is 3.11. The van der Waals surface area contributed by atoms with E-state index in [4.69, 9.17) is 11.6 Å². The summed E-state index contributed by atoms with van der Waals surface area (Å²) in [6.45, 7) is 4.35. The zero-order valence-electron chi connectivity index (χ0n) is 14.3. The number of pyridine rings is 1. The van der Waals surface area contributed by atoms with E-state index in [0.29, 0.717) is 17.1 Å². The number of para-hydroxylation sites is 1. The van der Waals surface area contributed by atoms with Crippen LogP contribution < -0.4 is 5.32 Å². The van der Waals surface area contributed by atoms with Gasteiger partial charge in [-0.2, -0.15) is 0 Å². The van der Waals surface area contributed by atoms with Gasteiger partial charge in [0.05, 0.1) is 5.52 Å². The Morgan fingerprint density at radius 3 is 2.48 bits per heavy atom. The molecule has 2 fully saturated rings. The van der Waals surface area contributed by atoms with Crippen molar-refractivity contribution in [3.63, 3.8) is 0 Å². The molecule has 0 radical (unpaired) electrons. The summed E-state index contributed by atoms with van der Waals surface area (Å²) in [6, 6.07) is 11.0. The molecule has 1 aromatic heterocycles. The summed E-state index contributed by atoms with van der Waals surface area (Å²) in [5, 5.41) is 5.36. The SMILES string of the molecule is Cl.Cl.Clc1nc2ccccc2cc1[C@H](C1CCCC1)N1CCNCC1. The van der Waals surface area contributed by atoms with Crippen LogP contribution >= 0.6 is 36.4 Å². The zero-order chi connectivity index (χ0) is 15.6. The molecule has 1 aromatic carbocycles. The Bertz CT molecular complexity index is 683. The molecule has 1 aliphatic carbocycles. The number of hydrogen-bond acceptors (Lipinski definition) is 3. The first kappa shape index (κ1) is 20.7. The Kier molecular flexibility index (Phi) is 7.78. The first-order chi connectivity index (χ1) is 11.3. The van der Waals surface area contributed by atoms with Crippen molar-refractivity contribution in [2.45, 2.75) is 31.7 Å². The molecule has 0 unspecified atom stereocenters. The molecule has 4 rings (SSSR count). The first-order valence-corrected chi connectivity index (χ1v) is 9.21. The van der Waals surface area contributed by atoms with Crippen LogP contribution in [-0.4, -0.2) is 36.1 Å². The van der Waals surface area contributed by atoms with E-state index in [9.17, 15) is 0 Å². The van der Waals surface area contributed by atoms with Gasteiger partial charge in [0.25, 0.3) is 0 Å². The lowest BCUT2D eigenvalue weighted by molar-refractivity contribution is 0.125. The fourth-order valence-electron chi connectivity index (χ4n) is 4.30. The standard InChI is InChI=1S/C19H24ClN3.2ClH/c20-19-16(13-15-7-3-4-8-17(15)22-19)18(14-5-1-2-6-14)23-11-9-21-10-12-23;;/h3-4,7-8,13-14,18,21H,1-2,5-6,9-12H2;2*1H/t18-;;/m0../s1. The number of aromatic nitrogens is 1. The largest absolute Gasteiger partial charge is 0.314 e. The molecule has 6 heteroatoms.